The number of aromatic nitrogens is 1. The number of aryl methyl sites for hydroxylation is 2. The zero-order chi connectivity index (χ0) is 17.3. The third kappa shape index (κ3) is 2.84. The number of nitrogen functional groups attached to an aromatic ring is 1. The summed E-state index contributed by atoms with van der Waals surface area (Å²) in [6.45, 7) is 4.06. The van der Waals surface area contributed by atoms with E-state index >= 15 is 0 Å². The minimum Gasteiger partial charge on any atom is -0.383 e. The fourth-order valence-corrected chi connectivity index (χ4v) is 2.96. The first-order chi connectivity index (χ1) is 11.5. The second-order valence-corrected chi connectivity index (χ2v) is 6.13. The number of nitrogens with two attached hydrogens (primary N) is 1. The second-order valence-electron chi connectivity index (χ2n) is 5.73. The summed E-state index contributed by atoms with van der Waals surface area (Å²) in [5.74, 6) is 0.214. The SMILES string of the molecule is Cc1ccc(C)c(-c2cc(-c3ccccc3Cl)c(C#N)c(N)n2)c1. The van der Waals surface area contributed by atoms with Crippen molar-refractivity contribution in [1.29, 1.82) is 5.26 Å². The van der Waals surface area contributed by atoms with Gasteiger partial charge >= 0.3 is 0 Å². The molecule has 2 aromatic carbocycles. The molecular weight excluding hydrogens is 318 g/mol. The van der Waals surface area contributed by atoms with Gasteiger partial charge in [-0.1, -0.05) is 47.5 Å². The van der Waals surface area contributed by atoms with E-state index in [-0.39, 0.29) is 5.82 Å². The Balaban J connectivity index is 2.31. The molecule has 0 atom stereocenters. The van der Waals surface area contributed by atoms with E-state index in [1.54, 1.807) is 6.07 Å². The lowest BCUT2D eigenvalue weighted by molar-refractivity contribution is 1.28. The number of hydrogen-bond acceptors (Lipinski definition) is 3. The molecule has 0 saturated heterocycles. The minimum absolute atomic E-state index is 0.214. The van der Waals surface area contributed by atoms with E-state index in [9.17, 15) is 5.26 Å². The molecule has 118 valence electrons. The zero-order valence-corrected chi connectivity index (χ0v) is 14.2. The maximum atomic E-state index is 9.50. The van der Waals surface area contributed by atoms with Gasteiger partial charge in [0.1, 0.15) is 17.5 Å². The van der Waals surface area contributed by atoms with E-state index in [0.29, 0.717) is 16.1 Å². The molecule has 3 aromatic rings. The van der Waals surface area contributed by atoms with Gasteiger partial charge in [-0.3, -0.25) is 0 Å². The lowest BCUT2D eigenvalue weighted by Gasteiger charge is -2.13. The van der Waals surface area contributed by atoms with Crippen LogP contribution in [0, 0.1) is 25.2 Å². The van der Waals surface area contributed by atoms with Crippen LogP contribution in [-0.4, -0.2) is 4.98 Å². The summed E-state index contributed by atoms with van der Waals surface area (Å²) in [6, 6.07) is 17.6. The highest BCUT2D eigenvalue weighted by Gasteiger charge is 2.16. The fraction of sp³-hybridized carbons (Fsp3) is 0.100. The monoisotopic (exact) mass is 333 g/mol. The highest BCUT2D eigenvalue weighted by Crippen LogP contribution is 2.35. The summed E-state index contributed by atoms with van der Waals surface area (Å²) >= 11 is 6.32. The molecule has 0 fully saturated rings. The highest BCUT2D eigenvalue weighted by atomic mass is 35.5. The molecule has 1 aromatic heterocycles. The number of halogens is 1. The number of pyridine rings is 1. The third-order valence-electron chi connectivity index (χ3n) is 3.99. The normalized spacial score (nSPS) is 10.4. The molecule has 0 aliphatic heterocycles. The van der Waals surface area contributed by atoms with Crippen LogP contribution in [0.4, 0.5) is 5.82 Å². The average molecular weight is 334 g/mol. The summed E-state index contributed by atoms with van der Waals surface area (Å²) in [6.07, 6.45) is 0. The summed E-state index contributed by atoms with van der Waals surface area (Å²) < 4.78 is 0. The van der Waals surface area contributed by atoms with Gasteiger partial charge < -0.3 is 5.73 Å². The van der Waals surface area contributed by atoms with Crippen molar-refractivity contribution in [1.82, 2.24) is 4.98 Å². The van der Waals surface area contributed by atoms with E-state index in [1.807, 2.05) is 38.1 Å². The number of anilines is 1. The molecule has 1 heterocycles. The van der Waals surface area contributed by atoms with Gasteiger partial charge in [0.15, 0.2) is 0 Å². The molecule has 3 nitrogen and oxygen atoms in total. The number of nitrogens with zero attached hydrogens (tertiary/aromatic N) is 2. The Bertz CT molecular complexity index is 971. The molecule has 0 unspecified atom stereocenters. The number of nitriles is 1. The molecule has 24 heavy (non-hydrogen) atoms. The van der Waals surface area contributed by atoms with Gasteiger partial charge in [0.2, 0.25) is 0 Å². The van der Waals surface area contributed by atoms with Crippen LogP contribution >= 0.6 is 11.6 Å². The molecule has 3 rings (SSSR count). The molecule has 0 radical (unpaired) electrons. The van der Waals surface area contributed by atoms with E-state index < -0.39 is 0 Å². The first kappa shape index (κ1) is 16.0. The molecule has 2 N–H and O–H groups in total. The van der Waals surface area contributed by atoms with Crippen LogP contribution in [0.2, 0.25) is 5.02 Å². The Morgan fingerprint density at radius 1 is 1.00 bits per heavy atom. The van der Waals surface area contributed by atoms with Crippen molar-refractivity contribution in [2.24, 2.45) is 0 Å². The maximum absolute atomic E-state index is 9.50. The third-order valence-corrected chi connectivity index (χ3v) is 4.32. The van der Waals surface area contributed by atoms with Gasteiger partial charge in [0.05, 0.1) is 5.69 Å². The van der Waals surface area contributed by atoms with Crippen LogP contribution in [0.25, 0.3) is 22.4 Å². The van der Waals surface area contributed by atoms with Crippen molar-refractivity contribution in [2.75, 3.05) is 5.73 Å². The van der Waals surface area contributed by atoms with E-state index in [0.717, 1.165) is 27.9 Å². The van der Waals surface area contributed by atoms with Crippen LogP contribution in [0.1, 0.15) is 16.7 Å². The Morgan fingerprint density at radius 2 is 1.75 bits per heavy atom. The van der Waals surface area contributed by atoms with Crippen LogP contribution in [-0.2, 0) is 0 Å². The predicted molar refractivity (Wildman–Crippen MR) is 98.7 cm³/mol. The zero-order valence-electron chi connectivity index (χ0n) is 13.5. The lowest BCUT2D eigenvalue weighted by atomic mass is 9.96. The topological polar surface area (TPSA) is 62.7 Å². The molecule has 0 aliphatic carbocycles. The molecule has 0 bridgehead atoms. The Labute approximate surface area is 146 Å². The van der Waals surface area contributed by atoms with Crippen LogP contribution in [0.5, 0.6) is 0 Å². The predicted octanol–water partition coefficient (Wildman–Crippen LogP) is 5.14. The maximum Gasteiger partial charge on any atom is 0.142 e. The summed E-state index contributed by atoms with van der Waals surface area (Å²) in [5.41, 5.74) is 11.9. The van der Waals surface area contributed by atoms with Gasteiger partial charge in [-0.25, -0.2) is 4.98 Å². The summed E-state index contributed by atoms with van der Waals surface area (Å²) in [7, 11) is 0. The number of benzene rings is 2. The lowest BCUT2D eigenvalue weighted by Crippen LogP contribution is -2.00. The standard InChI is InChI=1S/C20H16ClN3/c1-12-7-8-13(2)15(9-12)19-10-16(17(11-22)20(23)24-19)14-5-3-4-6-18(14)21/h3-10H,1-2H3,(H2,23,24). The van der Waals surface area contributed by atoms with Gasteiger partial charge in [-0.15, -0.1) is 0 Å². The number of hydrogen-bond donors (Lipinski definition) is 1. The highest BCUT2D eigenvalue weighted by molar-refractivity contribution is 6.33. The summed E-state index contributed by atoms with van der Waals surface area (Å²) in [4.78, 5) is 4.44. The van der Waals surface area contributed by atoms with Crippen LogP contribution in [0.3, 0.4) is 0 Å². The van der Waals surface area contributed by atoms with Crippen molar-refractivity contribution in [2.45, 2.75) is 13.8 Å². The van der Waals surface area contributed by atoms with Crippen molar-refractivity contribution < 1.29 is 0 Å². The average Bonchev–Trinajstić information content (AvgIpc) is 2.57. The van der Waals surface area contributed by atoms with E-state index in [2.05, 4.69) is 29.3 Å². The molecule has 0 saturated carbocycles. The first-order valence-corrected chi connectivity index (χ1v) is 7.92. The van der Waals surface area contributed by atoms with Gasteiger partial charge in [0, 0.05) is 21.7 Å². The van der Waals surface area contributed by atoms with Crippen molar-refractivity contribution >= 4 is 17.4 Å². The fourth-order valence-electron chi connectivity index (χ4n) is 2.72. The second kappa shape index (κ2) is 6.35. The molecule has 0 amide bonds. The quantitative estimate of drug-likeness (QED) is 0.706. The van der Waals surface area contributed by atoms with Crippen molar-refractivity contribution in [3.05, 3.63) is 70.2 Å². The van der Waals surface area contributed by atoms with E-state index in [4.69, 9.17) is 17.3 Å². The van der Waals surface area contributed by atoms with Gasteiger partial charge in [0.25, 0.3) is 0 Å². The van der Waals surface area contributed by atoms with Crippen molar-refractivity contribution in [3.8, 4) is 28.5 Å². The molecule has 0 aliphatic rings. The largest absolute Gasteiger partial charge is 0.383 e. The molecule has 0 spiro atoms. The van der Waals surface area contributed by atoms with Crippen LogP contribution < -0.4 is 5.73 Å². The molecule has 4 heteroatoms. The Kier molecular flexibility index (Phi) is 4.24. The van der Waals surface area contributed by atoms with Crippen molar-refractivity contribution in [3.63, 3.8) is 0 Å². The minimum atomic E-state index is 0.214. The van der Waals surface area contributed by atoms with E-state index in [1.165, 1.54) is 0 Å². The number of rotatable bonds is 2. The van der Waals surface area contributed by atoms with Gasteiger partial charge in [-0.2, -0.15) is 5.26 Å². The smallest absolute Gasteiger partial charge is 0.142 e. The Morgan fingerprint density at radius 3 is 2.46 bits per heavy atom. The summed E-state index contributed by atoms with van der Waals surface area (Å²) in [5, 5.41) is 10.1. The van der Waals surface area contributed by atoms with Crippen LogP contribution in [0.15, 0.2) is 48.5 Å². The molecular formula is C20H16ClN3. The van der Waals surface area contributed by atoms with Gasteiger partial charge in [-0.05, 0) is 37.6 Å². The first-order valence-electron chi connectivity index (χ1n) is 7.54. The Hall–Kier alpha value is -2.83.